The molecule has 0 amide bonds. The molecule has 1 atom stereocenters. The number of halogens is 3. The van der Waals surface area contributed by atoms with Crippen LogP contribution in [0.25, 0.3) is 0 Å². The molecule has 0 radical (unpaired) electrons. The number of anilines is 1. The van der Waals surface area contributed by atoms with Crippen LogP contribution in [0.2, 0.25) is 0 Å². The van der Waals surface area contributed by atoms with Crippen molar-refractivity contribution in [3.8, 4) is 5.75 Å². The van der Waals surface area contributed by atoms with E-state index in [1.54, 1.807) is 19.2 Å². The van der Waals surface area contributed by atoms with Crippen molar-refractivity contribution in [2.24, 2.45) is 4.99 Å². The number of hydrogen-bond donors (Lipinski definition) is 2. The molecule has 0 bridgehead atoms. The molecular weight excluding hydrogens is 489 g/mol. The first-order chi connectivity index (χ1) is 13.5. The molecule has 5 nitrogen and oxygen atoms in total. The fourth-order valence-electron chi connectivity index (χ4n) is 3.27. The Bertz CT molecular complexity index is 802. The van der Waals surface area contributed by atoms with Gasteiger partial charge in [0.05, 0.1) is 0 Å². The molecule has 1 heterocycles. The third kappa shape index (κ3) is 7.02. The Balaban J connectivity index is 0.00000300. The van der Waals surface area contributed by atoms with Crippen molar-refractivity contribution >= 4 is 35.6 Å². The Morgan fingerprint density at radius 1 is 1.24 bits per heavy atom. The molecule has 8 heteroatoms. The molecule has 2 N–H and O–H groups in total. The van der Waals surface area contributed by atoms with E-state index in [2.05, 4.69) is 56.5 Å². The first-order valence-corrected chi connectivity index (χ1v) is 9.36. The molecule has 1 aliphatic heterocycles. The van der Waals surface area contributed by atoms with Gasteiger partial charge in [-0.05, 0) is 43.2 Å². The number of guanidine groups is 1. The zero-order valence-corrected chi connectivity index (χ0v) is 18.9. The Morgan fingerprint density at radius 2 is 2.00 bits per heavy atom. The molecule has 1 saturated heterocycles. The highest BCUT2D eigenvalue weighted by molar-refractivity contribution is 14.0. The molecule has 1 fully saturated rings. The van der Waals surface area contributed by atoms with Crippen LogP contribution in [0.4, 0.5) is 14.5 Å². The van der Waals surface area contributed by atoms with E-state index in [0.717, 1.165) is 25.1 Å². The molecule has 0 aliphatic carbocycles. The first-order valence-electron chi connectivity index (χ1n) is 9.36. The lowest BCUT2D eigenvalue weighted by Crippen LogP contribution is -2.44. The van der Waals surface area contributed by atoms with E-state index in [4.69, 9.17) is 0 Å². The summed E-state index contributed by atoms with van der Waals surface area (Å²) < 4.78 is 29.1. The lowest BCUT2D eigenvalue weighted by Gasteiger charge is -2.20. The minimum absolute atomic E-state index is 0. The monoisotopic (exact) mass is 516 g/mol. The molecule has 2 aromatic carbocycles. The summed E-state index contributed by atoms with van der Waals surface area (Å²) in [6.07, 6.45) is 1.02. The van der Waals surface area contributed by atoms with Crippen LogP contribution < -0.4 is 20.3 Å². The van der Waals surface area contributed by atoms with E-state index in [0.29, 0.717) is 18.5 Å². The van der Waals surface area contributed by atoms with Crippen molar-refractivity contribution in [1.82, 2.24) is 10.6 Å². The summed E-state index contributed by atoms with van der Waals surface area (Å²) in [6, 6.07) is 15.5. The normalized spacial score (nSPS) is 16.5. The Morgan fingerprint density at radius 3 is 2.69 bits per heavy atom. The summed E-state index contributed by atoms with van der Waals surface area (Å²) in [4.78, 5) is 6.63. The van der Waals surface area contributed by atoms with Gasteiger partial charge in [0.25, 0.3) is 0 Å². The average Bonchev–Trinajstić information content (AvgIpc) is 3.14. The number of aryl methyl sites for hydroxylation is 1. The zero-order valence-electron chi connectivity index (χ0n) is 16.6. The van der Waals surface area contributed by atoms with Crippen LogP contribution in [0, 0.1) is 6.92 Å². The quantitative estimate of drug-likeness (QED) is 0.344. The third-order valence-electron chi connectivity index (χ3n) is 4.74. The summed E-state index contributed by atoms with van der Waals surface area (Å²) >= 11 is 0. The van der Waals surface area contributed by atoms with E-state index in [1.165, 1.54) is 17.3 Å². The molecule has 2 aromatic rings. The molecule has 3 rings (SSSR count). The molecule has 1 aliphatic rings. The molecule has 0 aromatic heterocycles. The second-order valence-corrected chi connectivity index (χ2v) is 6.86. The molecule has 29 heavy (non-hydrogen) atoms. The summed E-state index contributed by atoms with van der Waals surface area (Å²) in [6.45, 7) is 1.63. The second kappa shape index (κ2) is 11.2. The molecule has 0 spiro atoms. The van der Waals surface area contributed by atoms with E-state index in [-0.39, 0.29) is 29.7 Å². The van der Waals surface area contributed by atoms with Gasteiger partial charge < -0.3 is 20.3 Å². The lowest BCUT2D eigenvalue weighted by atomic mass is 10.2. The fraction of sp³-hybridized carbons (Fsp3) is 0.381. The van der Waals surface area contributed by atoms with Crippen LogP contribution in [0.3, 0.4) is 0 Å². The van der Waals surface area contributed by atoms with Crippen molar-refractivity contribution in [2.75, 3.05) is 25.0 Å². The maximum absolute atomic E-state index is 12.4. The van der Waals surface area contributed by atoms with E-state index in [9.17, 15) is 8.78 Å². The smallest absolute Gasteiger partial charge is 0.387 e. The van der Waals surface area contributed by atoms with Crippen molar-refractivity contribution in [3.05, 3.63) is 59.7 Å². The summed E-state index contributed by atoms with van der Waals surface area (Å²) in [7, 11) is 1.72. The van der Waals surface area contributed by atoms with Gasteiger partial charge in [-0.2, -0.15) is 8.78 Å². The number of ether oxygens (including phenoxy) is 1. The van der Waals surface area contributed by atoms with Crippen LogP contribution >= 0.6 is 24.0 Å². The highest BCUT2D eigenvalue weighted by Gasteiger charge is 2.23. The van der Waals surface area contributed by atoms with Crippen molar-refractivity contribution < 1.29 is 13.5 Å². The van der Waals surface area contributed by atoms with Crippen LogP contribution in [0.1, 0.15) is 17.5 Å². The SMILES string of the molecule is CN=C(NCc1cccc(OC(F)F)c1)NC1CCN(c2ccc(C)cc2)C1.I. The van der Waals surface area contributed by atoms with Gasteiger partial charge in [-0.15, -0.1) is 24.0 Å². The average molecular weight is 516 g/mol. The van der Waals surface area contributed by atoms with Gasteiger partial charge in [0.15, 0.2) is 5.96 Å². The number of aliphatic imine (C=N–C) groups is 1. The van der Waals surface area contributed by atoms with Crippen LogP contribution in [0.15, 0.2) is 53.5 Å². The summed E-state index contributed by atoms with van der Waals surface area (Å²) in [5.74, 6) is 0.845. The van der Waals surface area contributed by atoms with E-state index >= 15 is 0 Å². The van der Waals surface area contributed by atoms with Crippen LogP contribution in [-0.2, 0) is 6.54 Å². The summed E-state index contributed by atoms with van der Waals surface area (Å²) in [5.41, 5.74) is 3.33. The standard InChI is InChI=1S/C21H26F2N4O.HI/c1-15-6-8-18(9-7-15)27-11-10-17(14-27)26-21(24-2)25-13-16-4-3-5-19(12-16)28-20(22)23;/h3-9,12,17,20H,10-11,13-14H2,1-2H3,(H2,24,25,26);1H. The van der Waals surface area contributed by atoms with E-state index < -0.39 is 6.61 Å². The molecule has 0 saturated carbocycles. The van der Waals surface area contributed by atoms with Gasteiger partial charge in [-0.1, -0.05) is 29.8 Å². The summed E-state index contributed by atoms with van der Waals surface area (Å²) in [5, 5.41) is 6.67. The van der Waals surface area contributed by atoms with Crippen LogP contribution in [0.5, 0.6) is 5.75 Å². The second-order valence-electron chi connectivity index (χ2n) is 6.86. The Kier molecular flexibility index (Phi) is 8.94. The first kappa shape index (κ1) is 23.2. The molecule has 158 valence electrons. The predicted molar refractivity (Wildman–Crippen MR) is 124 cm³/mol. The highest BCUT2D eigenvalue weighted by Crippen LogP contribution is 2.21. The number of alkyl halides is 2. The maximum Gasteiger partial charge on any atom is 0.387 e. The topological polar surface area (TPSA) is 48.9 Å². The Hall–Kier alpha value is -2.10. The van der Waals surface area contributed by atoms with Gasteiger partial charge >= 0.3 is 6.61 Å². The van der Waals surface area contributed by atoms with Crippen molar-refractivity contribution in [3.63, 3.8) is 0 Å². The van der Waals surface area contributed by atoms with E-state index in [1.807, 2.05) is 6.07 Å². The number of nitrogens with one attached hydrogen (secondary N) is 2. The molecule has 1 unspecified atom stereocenters. The third-order valence-corrected chi connectivity index (χ3v) is 4.74. The number of nitrogens with zero attached hydrogens (tertiary/aromatic N) is 2. The van der Waals surface area contributed by atoms with Gasteiger partial charge in [-0.25, -0.2) is 0 Å². The van der Waals surface area contributed by atoms with Crippen molar-refractivity contribution in [1.29, 1.82) is 0 Å². The van der Waals surface area contributed by atoms with Gasteiger partial charge in [0.1, 0.15) is 5.75 Å². The van der Waals surface area contributed by atoms with Crippen molar-refractivity contribution in [2.45, 2.75) is 32.5 Å². The highest BCUT2D eigenvalue weighted by atomic mass is 127. The number of benzene rings is 2. The number of rotatable bonds is 6. The predicted octanol–water partition coefficient (Wildman–Crippen LogP) is 4.16. The lowest BCUT2D eigenvalue weighted by molar-refractivity contribution is -0.0498. The van der Waals surface area contributed by atoms with Gasteiger partial charge in [-0.3, -0.25) is 4.99 Å². The van der Waals surface area contributed by atoms with Gasteiger partial charge in [0, 0.05) is 38.4 Å². The Labute approximate surface area is 187 Å². The van der Waals surface area contributed by atoms with Gasteiger partial charge in [0.2, 0.25) is 0 Å². The maximum atomic E-state index is 12.4. The number of hydrogen-bond acceptors (Lipinski definition) is 3. The largest absolute Gasteiger partial charge is 0.435 e. The fourth-order valence-corrected chi connectivity index (χ4v) is 3.27. The molecular formula is C21H27F2IN4O. The zero-order chi connectivity index (χ0) is 19.9. The minimum atomic E-state index is -2.82. The minimum Gasteiger partial charge on any atom is -0.435 e. The van der Waals surface area contributed by atoms with Crippen LogP contribution in [-0.4, -0.2) is 38.8 Å².